The first-order valence-corrected chi connectivity index (χ1v) is 9.50. The molecule has 1 aromatic heterocycles. The van der Waals surface area contributed by atoms with Gasteiger partial charge in [0.1, 0.15) is 6.61 Å². The Morgan fingerprint density at radius 3 is 2.96 bits per heavy atom. The van der Waals surface area contributed by atoms with E-state index in [0.717, 1.165) is 36.7 Å². The van der Waals surface area contributed by atoms with Crippen molar-refractivity contribution in [1.82, 2.24) is 19.8 Å². The van der Waals surface area contributed by atoms with Gasteiger partial charge in [-0.3, -0.25) is 9.69 Å². The monoisotopic (exact) mass is 372 g/mol. The van der Waals surface area contributed by atoms with Crippen LogP contribution in [0.3, 0.4) is 0 Å². The predicted molar refractivity (Wildman–Crippen MR) is 103 cm³/mol. The standard InChI is InChI=1S/C20H28N4O3/c1-3-26-19-12-17(14-24-8-6-20(25)22-13-16(24)2)4-5-18(19)27-11-10-23-9-7-21-15-23/h4-5,7,9,12,15-16H,3,6,8,10-11,13-14H2,1-2H3,(H,22,25)/t16-/m0/s1. The van der Waals surface area contributed by atoms with Gasteiger partial charge in [-0.1, -0.05) is 6.07 Å². The third-order valence-electron chi connectivity index (χ3n) is 4.70. The van der Waals surface area contributed by atoms with Crippen LogP contribution in [0, 0.1) is 0 Å². The van der Waals surface area contributed by atoms with E-state index in [1.54, 1.807) is 12.5 Å². The van der Waals surface area contributed by atoms with Crippen LogP contribution in [0.4, 0.5) is 0 Å². The maximum absolute atomic E-state index is 11.6. The fourth-order valence-electron chi connectivity index (χ4n) is 3.13. The second-order valence-corrected chi connectivity index (χ2v) is 6.74. The van der Waals surface area contributed by atoms with E-state index in [4.69, 9.17) is 9.47 Å². The molecule has 1 fully saturated rings. The molecule has 0 radical (unpaired) electrons. The number of aromatic nitrogens is 2. The molecule has 1 N–H and O–H groups in total. The van der Waals surface area contributed by atoms with Gasteiger partial charge in [0, 0.05) is 44.5 Å². The van der Waals surface area contributed by atoms with E-state index in [2.05, 4.69) is 28.2 Å². The molecule has 0 unspecified atom stereocenters. The summed E-state index contributed by atoms with van der Waals surface area (Å²) in [5.74, 6) is 1.64. The van der Waals surface area contributed by atoms with Crippen molar-refractivity contribution in [3.63, 3.8) is 0 Å². The topological polar surface area (TPSA) is 68.6 Å². The van der Waals surface area contributed by atoms with Crippen LogP contribution >= 0.6 is 0 Å². The fraction of sp³-hybridized carbons (Fsp3) is 0.500. The minimum Gasteiger partial charge on any atom is -0.490 e. The normalized spacial score (nSPS) is 18.0. The number of carbonyl (C=O) groups is 1. The molecule has 0 aliphatic carbocycles. The summed E-state index contributed by atoms with van der Waals surface area (Å²) in [6, 6.07) is 6.39. The smallest absolute Gasteiger partial charge is 0.221 e. The number of hydrogen-bond donors (Lipinski definition) is 1. The second-order valence-electron chi connectivity index (χ2n) is 6.74. The van der Waals surface area contributed by atoms with E-state index in [0.29, 0.717) is 32.2 Å². The number of nitrogens with zero attached hydrogens (tertiary/aromatic N) is 3. The maximum atomic E-state index is 11.6. The zero-order chi connectivity index (χ0) is 19.1. The Balaban J connectivity index is 1.64. The first-order valence-electron chi connectivity index (χ1n) is 9.50. The number of amides is 1. The van der Waals surface area contributed by atoms with Crippen molar-refractivity contribution in [2.24, 2.45) is 0 Å². The average Bonchev–Trinajstić information content (AvgIpc) is 3.13. The number of imidazole rings is 1. The van der Waals surface area contributed by atoms with Crippen molar-refractivity contribution in [2.75, 3.05) is 26.3 Å². The molecule has 27 heavy (non-hydrogen) atoms. The Hall–Kier alpha value is -2.54. The maximum Gasteiger partial charge on any atom is 0.221 e. The van der Waals surface area contributed by atoms with Crippen LogP contribution in [0.25, 0.3) is 0 Å². The van der Waals surface area contributed by atoms with Crippen molar-refractivity contribution in [1.29, 1.82) is 0 Å². The molecule has 1 aromatic carbocycles. The molecule has 1 amide bonds. The molecule has 7 heteroatoms. The van der Waals surface area contributed by atoms with Crippen molar-refractivity contribution in [3.8, 4) is 11.5 Å². The second kappa shape index (κ2) is 9.41. The van der Waals surface area contributed by atoms with Crippen LogP contribution in [-0.4, -0.2) is 52.7 Å². The van der Waals surface area contributed by atoms with E-state index in [9.17, 15) is 4.79 Å². The fourth-order valence-corrected chi connectivity index (χ4v) is 3.13. The summed E-state index contributed by atoms with van der Waals surface area (Å²) in [6.07, 6.45) is 5.99. The van der Waals surface area contributed by atoms with Gasteiger partial charge in [-0.2, -0.15) is 0 Å². The number of nitrogens with one attached hydrogen (secondary N) is 1. The van der Waals surface area contributed by atoms with E-state index >= 15 is 0 Å². The Morgan fingerprint density at radius 2 is 2.19 bits per heavy atom. The lowest BCUT2D eigenvalue weighted by Gasteiger charge is -2.26. The van der Waals surface area contributed by atoms with Gasteiger partial charge in [0.25, 0.3) is 0 Å². The molecule has 1 aliphatic heterocycles. The Bertz CT molecular complexity index is 733. The van der Waals surface area contributed by atoms with Crippen molar-refractivity contribution in [3.05, 3.63) is 42.5 Å². The van der Waals surface area contributed by atoms with Gasteiger partial charge in [-0.05, 0) is 31.5 Å². The minimum absolute atomic E-state index is 0.126. The van der Waals surface area contributed by atoms with E-state index in [-0.39, 0.29) is 5.91 Å². The summed E-state index contributed by atoms with van der Waals surface area (Å²) in [6.45, 7) is 8.21. The largest absolute Gasteiger partial charge is 0.490 e. The summed E-state index contributed by atoms with van der Waals surface area (Å²) in [5.41, 5.74) is 1.15. The molecule has 0 spiro atoms. The summed E-state index contributed by atoms with van der Waals surface area (Å²) in [4.78, 5) is 18.0. The van der Waals surface area contributed by atoms with Crippen LogP contribution in [0.1, 0.15) is 25.8 Å². The Kier molecular flexibility index (Phi) is 6.70. The van der Waals surface area contributed by atoms with E-state index in [1.165, 1.54) is 0 Å². The van der Waals surface area contributed by atoms with Crippen LogP contribution in [0.2, 0.25) is 0 Å². The van der Waals surface area contributed by atoms with Gasteiger partial charge < -0.3 is 19.4 Å². The lowest BCUT2D eigenvalue weighted by atomic mass is 10.1. The molecule has 0 bridgehead atoms. The highest BCUT2D eigenvalue weighted by Gasteiger charge is 2.20. The summed E-state index contributed by atoms with van der Waals surface area (Å²) >= 11 is 0. The van der Waals surface area contributed by atoms with Crippen LogP contribution in [0.15, 0.2) is 36.9 Å². The van der Waals surface area contributed by atoms with E-state index in [1.807, 2.05) is 29.8 Å². The highest BCUT2D eigenvalue weighted by atomic mass is 16.5. The van der Waals surface area contributed by atoms with Gasteiger partial charge in [0.05, 0.1) is 19.5 Å². The molecule has 1 aliphatic rings. The van der Waals surface area contributed by atoms with Crippen LogP contribution < -0.4 is 14.8 Å². The van der Waals surface area contributed by atoms with Gasteiger partial charge in [-0.25, -0.2) is 4.98 Å². The highest BCUT2D eigenvalue weighted by Crippen LogP contribution is 2.29. The first-order chi connectivity index (χ1) is 13.2. The van der Waals surface area contributed by atoms with Crippen LogP contribution in [0.5, 0.6) is 11.5 Å². The molecule has 2 heterocycles. The molecule has 3 rings (SSSR count). The molecular weight excluding hydrogens is 344 g/mol. The lowest BCUT2D eigenvalue weighted by molar-refractivity contribution is -0.120. The lowest BCUT2D eigenvalue weighted by Crippen LogP contribution is -2.37. The summed E-state index contributed by atoms with van der Waals surface area (Å²) < 4.78 is 13.7. The van der Waals surface area contributed by atoms with Crippen molar-refractivity contribution in [2.45, 2.75) is 39.4 Å². The molecule has 1 saturated heterocycles. The Labute approximate surface area is 160 Å². The zero-order valence-corrected chi connectivity index (χ0v) is 16.1. The van der Waals surface area contributed by atoms with Gasteiger partial charge >= 0.3 is 0 Å². The molecule has 1 atom stereocenters. The number of carbonyl (C=O) groups excluding carboxylic acids is 1. The van der Waals surface area contributed by atoms with E-state index < -0.39 is 0 Å². The highest BCUT2D eigenvalue weighted by molar-refractivity contribution is 5.76. The van der Waals surface area contributed by atoms with Crippen molar-refractivity contribution < 1.29 is 14.3 Å². The predicted octanol–water partition coefficient (Wildman–Crippen LogP) is 2.07. The third kappa shape index (κ3) is 5.47. The third-order valence-corrected chi connectivity index (χ3v) is 4.70. The summed E-state index contributed by atoms with van der Waals surface area (Å²) in [5, 5.41) is 2.95. The number of ether oxygens (including phenoxy) is 2. The molecule has 146 valence electrons. The first kappa shape index (κ1) is 19.2. The van der Waals surface area contributed by atoms with Crippen molar-refractivity contribution >= 4 is 5.91 Å². The molecule has 2 aromatic rings. The molecular formula is C20H28N4O3. The number of hydrogen-bond acceptors (Lipinski definition) is 5. The molecule has 0 saturated carbocycles. The van der Waals surface area contributed by atoms with Crippen LogP contribution in [-0.2, 0) is 17.9 Å². The SMILES string of the molecule is CCOc1cc(CN2CCC(=O)NC[C@@H]2C)ccc1OCCn1ccnc1. The zero-order valence-electron chi connectivity index (χ0n) is 16.1. The number of benzene rings is 1. The van der Waals surface area contributed by atoms with Gasteiger partial charge in [0.2, 0.25) is 5.91 Å². The number of rotatable bonds is 8. The average molecular weight is 372 g/mol. The quantitative estimate of drug-likeness (QED) is 0.768. The Morgan fingerprint density at radius 1 is 1.30 bits per heavy atom. The van der Waals surface area contributed by atoms with Gasteiger partial charge in [-0.15, -0.1) is 0 Å². The molecule has 7 nitrogen and oxygen atoms in total. The minimum atomic E-state index is 0.126. The van der Waals surface area contributed by atoms with Gasteiger partial charge in [0.15, 0.2) is 11.5 Å². The summed E-state index contributed by atoms with van der Waals surface area (Å²) in [7, 11) is 0.